The molecular weight excluding hydrogens is 527 g/mol. The Morgan fingerprint density at radius 2 is 1.58 bits per heavy atom. The van der Waals surface area contributed by atoms with Crippen molar-refractivity contribution in [1.29, 1.82) is 0 Å². The van der Waals surface area contributed by atoms with Crippen LogP contribution in [0.1, 0.15) is 23.1 Å². The summed E-state index contributed by atoms with van der Waals surface area (Å²) in [7, 11) is 0. The number of thioether (sulfide) groups is 1. The van der Waals surface area contributed by atoms with E-state index in [1.807, 2.05) is 30.3 Å². The van der Waals surface area contributed by atoms with Crippen LogP contribution in [0.25, 0.3) is 0 Å². The molecule has 0 saturated carbocycles. The van der Waals surface area contributed by atoms with Crippen LogP contribution < -0.4 is 11.1 Å². The zero-order valence-corrected chi connectivity index (χ0v) is 21.0. The minimum atomic E-state index is -5.08. The van der Waals surface area contributed by atoms with Crippen molar-refractivity contribution < 1.29 is 42.6 Å². The van der Waals surface area contributed by atoms with Crippen molar-refractivity contribution in [2.24, 2.45) is 5.73 Å². The standard InChI is InChI=1S/C23H27N3O4S.C2HF3O2/c24-19(10-16-4-2-1-3-5-16)12-21(27)26-15-31-14-20(26)23(30)25-13-18-8-6-17(7-9-18)11-22(28)29;3-2(4,5)1(6)7/h1-9,19-20H,10-15,24H2,(H,25,30)(H,28,29);(H,6,7)/t19?,20-;/m0./s1. The van der Waals surface area contributed by atoms with Gasteiger partial charge < -0.3 is 26.2 Å². The van der Waals surface area contributed by atoms with E-state index in [0.29, 0.717) is 30.2 Å². The molecule has 1 heterocycles. The van der Waals surface area contributed by atoms with Crippen molar-refractivity contribution in [2.75, 3.05) is 11.6 Å². The molecule has 1 aliphatic heterocycles. The first-order valence-corrected chi connectivity index (χ1v) is 12.6. The van der Waals surface area contributed by atoms with Gasteiger partial charge in [0.2, 0.25) is 11.8 Å². The Balaban J connectivity index is 0.000000638. The highest BCUT2D eigenvalue weighted by molar-refractivity contribution is 7.99. The summed E-state index contributed by atoms with van der Waals surface area (Å²) in [4.78, 5) is 46.7. The van der Waals surface area contributed by atoms with Crippen LogP contribution in [0.15, 0.2) is 54.6 Å². The Morgan fingerprint density at radius 3 is 2.13 bits per heavy atom. The summed E-state index contributed by atoms with van der Waals surface area (Å²) in [5.74, 6) is -2.89. The predicted molar refractivity (Wildman–Crippen MR) is 134 cm³/mol. The molecule has 2 atom stereocenters. The van der Waals surface area contributed by atoms with E-state index in [1.54, 1.807) is 40.9 Å². The highest BCUT2D eigenvalue weighted by Crippen LogP contribution is 2.22. The van der Waals surface area contributed by atoms with E-state index in [-0.39, 0.29) is 30.7 Å². The second kappa shape index (κ2) is 14.4. The lowest BCUT2D eigenvalue weighted by Crippen LogP contribution is -2.48. The lowest BCUT2D eigenvalue weighted by Gasteiger charge is -2.24. The summed E-state index contributed by atoms with van der Waals surface area (Å²) in [5, 5.41) is 18.8. The van der Waals surface area contributed by atoms with Gasteiger partial charge in [-0.15, -0.1) is 11.8 Å². The van der Waals surface area contributed by atoms with E-state index in [0.717, 1.165) is 11.1 Å². The van der Waals surface area contributed by atoms with Gasteiger partial charge in [0, 0.05) is 24.8 Å². The number of carbonyl (C=O) groups excluding carboxylic acids is 2. The molecule has 2 aromatic carbocycles. The van der Waals surface area contributed by atoms with Gasteiger partial charge in [-0.2, -0.15) is 13.2 Å². The zero-order chi connectivity index (χ0) is 28.3. The molecule has 0 radical (unpaired) electrons. The normalized spacial score (nSPS) is 15.7. The van der Waals surface area contributed by atoms with Gasteiger partial charge in [0.25, 0.3) is 0 Å². The molecule has 3 rings (SSSR count). The van der Waals surface area contributed by atoms with Gasteiger partial charge in [-0.05, 0) is 23.1 Å². The number of carboxylic acids is 2. The van der Waals surface area contributed by atoms with Crippen molar-refractivity contribution in [1.82, 2.24) is 10.2 Å². The molecule has 0 spiro atoms. The predicted octanol–water partition coefficient (Wildman–Crippen LogP) is 2.42. The third kappa shape index (κ3) is 10.4. The van der Waals surface area contributed by atoms with Crippen LogP contribution in [0, 0.1) is 0 Å². The fourth-order valence-electron chi connectivity index (χ4n) is 3.49. The van der Waals surface area contributed by atoms with E-state index in [1.165, 1.54) is 0 Å². The Bertz CT molecular complexity index is 1100. The van der Waals surface area contributed by atoms with Crippen molar-refractivity contribution in [2.45, 2.75) is 44.1 Å². The first-order valence-electron chi connectivity index (χ1n) is 11.4. The zero-order valence-electron chi connectivity index (χ0n) is 20.2. The highest BCUT2D eigenvalue weighted by atomic mass is 32.2. The molecule has 0 aromatic heterocycles. The number of alkyl halides is 3. The first kappa shape index (κ1) is 30.6. The quantitative estimate of drug-likeness (QED) is 0.369. The molecule has 0 bridgehead atoms. The minimum Gasteiger partial charge on any atom is -0.481 e. The Hall–Kier alpha value is -3.58. The number of carbonyl (C=O) groups is 4. The lowest BCUT2D eigenvalue weighted by atomic mass is 10.0. The third-order valence-corrected chi connectivity index (χ3v) is 6.38. The summed E-state index contributed by atoms with van der Waals surface area (Å²) in [6.45, 7) is 0.322. The summed E-state index contributed by atoms with van der Waals surface area (Å²) < 4.78 is 31.7. The van der Waals surface area contributed by atoms with E-state index in [2.05, 4.69) is 5.32 Å². The van der Waals surface area contributed by atoms with Crippen LogP contribution >= 0.6 is 11.8 Å². The number of hydrogen-bond acceptors (Lipinski definition) is 6. The van der Waals surface area contributed by atoms with E-state index < -0.39 is 24.2 Å². The molecule has 2 amide bonds. The molecule has 5 N–H and O–H groups in total. The lowest BCUT2D eigenvalue weighted by molar-refractivity contribution is -0.192. The van der Waals surface area contributed by atoms with Crippen LogP contribution in [0.5, 0.6) is 0 Å². The van der Waals surface area contributed by atoms with Crippen LogP contribution in [-0.2, 0) is 38.6 Å². The number of aliphatic carboxylic acids is 2. The maximum absolute atomic E-state index is 12.8. The molecule has 1 saturated heterocycles. The van der Waals surface area contributed by atoms with Crippen molar-refractivity contribution in [3.05, 3.63) is 71.3 Å². The number of benzene rings is 2. The monoisotopic (exact) mass is 555 g/mol. The average Bonchev–Trinajstić information content (AvgIpc) is 3.34. The number of nitrogens with zero attached hydrogens (tertiary/aromatic N) is 1. The summed E-state index contributed by atoms with van der Waals surface area (Å²) in [6, 6.07) is 16.1. The molecule has 38 heavy (non-hydrogen) atoms. The maximum atomic E-state index is 12.8. The molecule has 1 aliphatic rings. The topological polar surface area (TPSA) is 150 Å². The van der Waals surface area contributed by atoms with E-state index in [4.69, 9.17) is 20.7 Å². The van der Waals surface area contributed by atoms with Crippen LogP contribution in [0.4, 0.5) is 13.2 Å². The maximum Gasteiger partial charge on any atom is 0.490 e. The molecule has 0 aliphatic carbocycles. The van der Waals surface area contributed by atoms with Gasteiger partial charge in [-0.1, -0.05) is 54.6 Å². The minimum absolute atomic E-state index is 0.0323. The SMILES string of the molecule is NC(CC(=O)N1CSC[C@H]1C(=O)NCc1ccc(CC(=O)O)cc1)Cc1ccccc1.O=C(O)C(F)(F)F. The number of halogens is 3. The van der Waals surface area contributed by atoms with Crippen LogP contribution in [0.2, 0.25) is 0 Å². The van der Waals surface area contributed by atoms with Crippen LogP contribution in [-0.4, -0.2) is 68.8 Å². The Labute approximate surface area is 221 Å². The molecule has 13 heteroatoms. The average molecular weight is 556 g/mol. The van der Waals surface area contributed by atoms with Crippen molar-refractivity contribution in [3.8, 4) is 0 Å². The van der Waals surface area contributed by atoms with Gasteiger partial charge >= 0.3 is 18.1 Å². The highest BCUT2D eigenvalue weighted by Gasteiger charge is 2.38. The molecular formula is C25H28F3N3O6S. The van der Waals surface area contributed by atoms with Crippen molar-refractivity contribution >= 4 is 35.5 Å². The first-order chi connectivity index (χ1) is 17.9. The number of amides is 2. The van der Waals surface area contributed by atoms with Gasteiger partial charge in [-0.25, -0.2) is 4.79 Å². The van der Waals surface area contributed by atoms with Gasteiger partial charge in [0.1, 0.15) is 6.04 Å². The molecule has 2 aromatic rings. The number of nitrogens with two attached hydrogens (primary N) is 1. The third-order valence-electron chi connectivity index (χ3n) is 5.37. The number of rotatable bonds is 9. The van der Waals surface area contributed by atoms with E-state index >= 15 is 0 Å². The van der Waals surface area contributed by atoms with Gasteiger partial charge in [0.05, 0.1) is 12.3 Å². The van der Waals surface area contributed by atoms with Gasteiger partial charge in [-0.3, -0.25) is 14.4 Å². The second-order valence-electron chi connectivity index (χ2n) is 8.44. The Kier molecular flexibility index (Phi) is 11.6. The number of nitrogens with one attached hydrogen (secondary N) is 1. The molecule has 9 nitrogen and oxygen atoms in total. The summed E-state index contributed by atoms with van der Waals surface area (Å²) >= 11 is 1.56. The molecule has 1 fully saturated rings. The fourth-order valence-corrected chi connectivity index (χ4v) is 4.67. The fraction of sp³-hybridized carbons (Fsp3) is 0.360. The number of hydrogen-bond donors (Lipinski definition) is 4. The smallest absolute Gasteiger partial charge is 0.481 e. The molecule has 206 valence electrons. The Morgan fingerprint density at radius 1 is 1.00 bits per heavy atom. The van der Waals surface area contributed by atoms with E-state index in [9.17, 15) is 27.6 Å². The molecule has 1 unspecified atom stereocenters. The van der Waals surface area contributed by atoms with Gasteiger partial charge in [0.15, 0.2) is 0 Å². The second-order valence-corrected chi connectivity index (χ2v) is 9.44. The largest absolute Gasteiger partial charge is 0.490 e. The summed E-state index contributed by atoms with van der Waals surface area (Å²) in [6.07, 6.45) is -4.30. The van der Waals surface area contributed by atoms with Crippen molar-refractivity contribution in [3.63, 3.8) is 0 Å². The number of carboxylic acid groups (broad SMARTS) is 2. The summed E-state index contributed by atoms with van der Waals surface area (Å²) in [5.41, 5.74) is 8.84. The van der Waals surface area contributed by atoms with Crippen LogP contribution in [0.3, 0.4) is 0 Å².